The van der Waals surface area contributed by atoms with Crippen LogP contribution in [0.3, 0.4) is 0 Å². The minimum absolute atomic E-state index is 0.0663. The normalized spacial score (nSPS) is 10.8. The molecule has 2 aromatic rings. The van der Waals surface area contributed by atoms with Crippen molar-refractivity contribution in [1.82, 2.24) is 0 Å². The van der Waals surface area contributed by atoms with Crippen molar-refractivity contribution in [1.29, 1.82) is 5.26 Å². The van der Waals surface area contributed by atoms with Gasteiger partial charge in [0, 0.05) is 10.0 Å². The summed E-state index contributed by atoms with van der Waals surface area (Å²) < 4.78 is 6.99. The summed E-state index contributed by atoms with van der Waals surface area (Å²) in [5, 5.41) is 21.1. The standard InChI is InChI=1S/C19H14Br2N2O4/c1-2-27-17-11(8-13(20)9-15(17)21)7-12(10-22)18(24)23-16-6-4-3-5-14(16)19(25)26/h3-9H,2H2,1H3,(H,23,24)(H,25,26)/b12-7+. The SMILES string of the molecule is CCOc1c(Br)cc(Br)cc1/C=C(\C#N)C(=O)Nc1ccccc1C(=O)O. The fraction of sp³-hybridized carbons (Fsp3) is 0.105. The predicted molar refractivity (Wildman–Crippen MR) is 109 cm³/mol. The van der Waals surface area contributed by atoms with Crippen molar-refractivity contribution in [2.75, 3.05) is 11.9 Å². The maximum atomic E-state index is 12.5. The number of aromatic carboxylic acids is 1. The second-order valence-corrected chi connectivity index (χ2v) is 6.98. The highest BCUT2D eigenvalue weighted by Gasteiger charge is 2.16. The van der Waals surface area contributed by atoms with Crippen LogP contribution in [0.5, 0.6) is 5.75 Å². The van der Waals surface area contributed by atoms with Crippen LogP contribution in [0.4, 0.5) is 5.69 Å². The molecule has 0 saturated heterocycles. The highest BCUT2D eigenvalue weighted by Crippen LogP contribution is 2.34. The smallest absolute Gasteiger partial charge is 0.337 e. The zero-order valence-electron chi connectivity index (χ0n) is 14.1. The number of amides is 1. The predicted octanol–water partition coefficient (Wildman–Crippen LogP) is 4.85. The lowest BCUT2D eigenvalue weighted by Crippen LogP contribution is -2.16. The summed E-state index contributed by atoms with van der Waals surface area (Å²) in [5.41, 5.74) is 0.373. The molecule has 2 aromatic carbocycles. The van der Waals surface area contributed by atoms with Crippen molar-refractivity contribution >= 4 is 55.5 Å². The van der Waals surface area contributed by atoms with E-state index in [0.717, 1.165) is 4.47 Å². The number of hydrogen-bond donors (Lipinski definition) is 2. The number of ether oxygens (including phenoxy) is 1. The fourth-order valence-corrected chi connectivity index (χ4v) is 3.63. The van der Waals surface area contributed by atoms with Gasteiger partial charge in [-0.15, -0.1) is 0 Å². The van der Waals surface area contributed by atoms with E-state index in [1.165, 1.54) is 18.2 Å². The van der Waals surface area contributed by atoms with Crippen molar-refractivity contribution < 1.29 is 19.4 Å². The Labute approximate surface area is 172 Å². The fourth-order valence-electron chi connectivity index (χ4n) is 2.26. The lowest BCUT2D eigenvalue weighted by Gasteiger charge is -2.11. The highest BCUT2D eigenvalue weighted by molar-refractivity contribution is 9.11. The lowest BCUT2D eigenvalue weighted by molar-refractivity contribution is -0.112. The van der Waals surface area contributed by atoms with E-state index < -0.39 is 11.9 Å². The topological polar surface area (TPSA) is 99.4 Å². The molecule has 6 nitrogen and oxygen atoms in total. The van der Waals surface area contributed by atoms with Gasteiger partial charge in [0.1, 0.15) is 17.4 Å². The first-order valence-corrected chi connectivity index (χ1v) is 9.33. The van der Waals surface area contributed by atoms with Crippen LogP contribution in [0, 0.1) is 11.3 Å². The summed E-state index contributed by atoms with van der Waals surface area (Å²) in [5.74, 6) is -1.40. The first-order valence-electron chi connectivity index (χ1n) is 7.74. The van der Waals surface area contributed by atoms with E-state index in [1.807, 2.05) is 13.0 Å². The third-order valence-electron chi connectivity index (χ3n) is 3.40. The van der Waals surface area contributed by atoms with E-state index in [2.05, 4.69) is 37.2 Å². The van der Waals surface area contributed by atoms with Crippen molar-refractivity contribution in [2.24, 2.45) is 0 Å². The van der Waals surface area contributed by atoms with Crippen LogP contribution in [-0.2, 0) is 4.79 Å². The number of carbonyl (C=O) groups excluding carboxylic acids is 1. The van der Waals surface area contributed by atoms with Crippen molar-refractivity contribution in [3.05, 3.63) is 62.0 Å². The van der Waals surface area contributed by atoms with Gasteiger partial charge in [-0.1, -0.05) is 28.1 Å². The monoisotopic (exact) mass is 492 g/mol. The number of carbonyl (C=O) groups is 2. The molecule has 27 heavy (non-hydrogen) atoms. The molecule has 0 heterocycles. The molecule has 0 aliphatic carbocycles. The minimum atomic E-state index is -1.18. The lowest BCUT2D eigenvalue weighted by atomic mass is 10.1. The van der Waals surface area contributed by atoms with E-state index in [-0.39, 0.29) is 16.8 Å². The molecule has 0 aromatic heterocycles. The van der Waals surface area contributed by atoms with Crippen LogP contribution >= 0.6 is 31.9 Å². The number of rotatable bonds is 6. The molecular formula is C19H14Br2N2O4. The van der Waals surface area contributed by atoms with Crippen molar-refractivity contribution in [3.8, 4) is 11.8 Å². The largest absolute Gasteiger partial charge is 0.492 e. The molecule has 1 amide bonds. The van der Waals surface area contributed by atoms with Gasteiger partial charge in [0.25, 0.3) is 5.91 Å². The van der Waals surface area contributed by atoms with Gasteiger partial charge in [0.05, 0.1) is 22.3 Å². The molecule has 0 radical (unpaired) electrons. The van der Waals surface area contributed by atoms with Gasteiger partial charge in [-0.2, -0.15) is 5.26 Å². The van der Waals surface area contributed by atoms with E-state index in [9.17, 15) is 20.0 Å². The van der Waals surface area contributed by atoms with Crippen LogP contribution in [0.15, 0.2) is 50.9 Å². The number of anilines is 1. The Morgan fingerprint density at radius 1 is 1.30 bits per heavy atom. The minimum Gasteiger partial charge on any atom is -0.492 e. The Morgan fingerprint density at radius 2 is 2.00 bits per heavy atom. The van der Waals surface area contributed by atoms with E-state index in [0.29, 0.717) is 22.4 Å². The van der Waals surface area contributed by atoms with Crippen LogP contribution in [0.2, 0.25) is 0 Å². The molecule has 0 saturated carbocycles. The Morgan fingerprint density at radius 3 is 2.63 bits per heavy atom. The number of hydrogen-bond acceptors (Lipinski definition) is 4. The maximum Gasteiger partial charge on any atom is 0.337 e. The quantitative estimate of drug-likeness (QED) is 0.442. The summed E-state index contributed by atoms with van der Waals surface area (Å²) in [6, 6.07) is 11.3. The molecule has 0 aliphatic heterocycles. The summed E-state index contributed by atoms with van der Waals surface area (Å²) in [6.07, 6.45) is 1.39. The Hall–Kier alpha value is -2.63. The summed E-state index contributed by atoms with van der Waals surface area (Å²) in [7, 11) is 0. The van der Waals surface area contributed by atoms with Gasteiger partial charge in [0.15, 0.2) is 0 Å². The third kappa shape index (κ3) is 5.18. The third-order valence-corrected chi connectivity index (χ3v) is 4.44. The molecule has 0 fully saturated rings. The number of halogens is 2. The zero-order valence-corrected chi connectivity index (χ0v) is 17.3. The summed E-state index contributed by atoms with van der Waals surface area (Å²) >= 11 is 6.76. The van der Waals surface area contributed by atoms with E-state index in [4.69, 9.17) is 4.74 Å². The van der Waals surface area contributed by atoms with Crippen molar-refractivity contribution in [3.63, 3.8) is 0 Å². The second-order valence-electron chi connectivity index (χ2n) is 5.21. The molecular weight excluding hydrogens is 480 g/mol. The molecule has 138 valence electrons. The van der Waals surface area contributed by atoms with E-state index in [1.54, 1.807) is 24.3 Å². The number of benzene rings is 2. The Kier molecular flexibility index (Phi) is 7.16. The number of para-hydroxylation sites is 1. The second kappa shape index (κ2) is 9.35. The zero-order chi connectivity index (χ0) is 20.0. The van der Waals surface area contributed by atoms with Crippen molar-refractivity contribution in [2.45, 2.75) is 6.92 Å². The van der Waals surface area contributed by atoms with Gasteiger partial charge >= 0.3 is 5.97 Å². The first-order chi connectivity index (χ1) is 12.9. The van der Waals surface area contributed by atoms with Gasteiger partial charge in [0.2, 0.25) is 0 Å². The number of nitriles is 1. The number of carboxylic acids is 1. The molecule has 2 N–H and O–H groups in total. The molecule has 8 heteroatoms. The first kappa shape index (κ1) is 20.7. The average molecular weight is 494 g/mol. The molecule has 0 bridgehead atoms. The van der Waals surface area contributed by atoms with Crippen LogP contribution in [-0.4, -0.2) is 23.6 Å². The summed E-state index contributed by atoms with van der Waals surface area (Å²) in [4.78, 5) is 23.8. The number of nitrogens with zero attached hydrogens (tertiary/aromatic N) is 1. The maximum absolute atomic E-state index is 12.5. The van der Waals surface area contributed by atoms with Gasteiger partial charge in [-0.25, -0.2) is 4.79 Å². The highest BCUT2D eigenvalue weighted by atomic mass is 79.9. The molecule has 0 atom stereocenters. The van der Waals surface area contributed by atoms with E-state index >= 15 is 0 Å². The average Bonchev–Trinajstić information content (AvgIpc) is 2.62. The van der Waals surface area contributed by atoms with Gasteiger partial charge < -0.3 is 15.2 Å². The van der Waals surface area contributed by atoms with Crippen LogP contribution < -0.4 is 10.1 Å². The molecule has 0 spiro atoms. The molecule has 0 aliphatic rings. The van der Waals surface area contributed by atoms with Crippen LogP contribution in [0.1, 0.15) is 22.8 Å². The number of nitrogens with one attached hydrogen (secondary N) is 1. The number of carboxylic acid groups (broad SMARTS) is 1. The Balaban J connectivity index is 2.42. The van der Waals surface area contributed by atoms with Gasteiger partial charge in [-0.05, 0) is 53.2 Å². The Bertz CT molecular complexity index is 965. The summed E-state index contributed by atoms with van der Waals surface area (Å²) in [6.45, 7) is 2.23. The van der Waals surface area contributed by atoms with Gasteiger partial charge in [-0.3, -0.25) is 4.79 Å². The molecule has 2 rings (SSSR count). The van der Waals surface area contributed by atoms with Crippen LogP contribution in [0.25, 0.3) is 6.08 Å². The molecule has 0 unspecified atom stereocenters.